The number of nitrogens with one attached hydrogen (secondary N) is 1. The first-order chi connectivity index (χ1) is 8.63. The van der Waals surface area contributed by atoms with Crippen LogP contribution < -0.4 is 5.32 Å². The van der Waals surface area contributed by atoms with Gasteiger partial charge in [0.05, 0.1) is 10.7 Å². The van der Waals surface area contributed by atoms with E-state index in [9.17, 15) is 0 Å². The maximum Gasteiger partial charge on any atom is 0.0897 e. The van der Waals surface area contributed by atoms with Gasteiger partial charge in [0, 0.05) is 36.3 Å². The smallest absolute Gasteiger partial charge is 0.0897 e. The van der Waals surface area contributed by atoms with Crippen molar-refractivity contribution < 1.29 is 0 Å². The van der Waals surface area contributed by atoms with Gasteiger partial charge < -0.3 is 5.32 Å². The van der Waals surface area contributed by atoms with Crippen LogP contribution in [0.3, 0.4) is 0 Å². The Hall–Kier alpha value is -1.20. The molecule has 2 aromatic heterocycles. The topological polar surface area (TPSA) is 42.7 Å². The van der Waals surface area contributed by atoms with Crippen molar-refractivity contribution in [3.63, 3.8) is 0 Å². The summed E-state index contributed by atoms with van der Waals surface area (Å²) in [6, 6.07) is 2.51. The number of hydrogen-bond donors (Lipinski definition) is 1. The molecule has 1 unspecified atom stereocenters. The lowest BCUT2D eigenvalue weighted by atomic mass is 10.1. The lowest BCUT2D eigenvalue weighted by Gasteiger charge is -2.13. The molecule has 0 aliphatic rings. The Morgan fingerprint density at radius 2 is 2.28 bits per heavy atom. The lowest BCUT2D eigenvalue weighted by molar-refractivity contribution is 0.568. The van der Waals surface area contributed by atoms with Crippen molar-refractivity contribution in [1.82, 2.24) is 20.1 Å². The average Bonchev–Trinajstić information content (AvgIpc) is 2.93. The SMILES string of the molecule is CCc1cc(CC(NC)c2cnc(C)s2)n(C)n1. The van der Waals surface area contributed by atoms with Gasteiger partial charge in [0.2, 0.25) is 0 Å². The molecule has 0 aliphatic heterocycles. The first-order valence-corrected chi connectivity index (χ1v) is 7.07. The highest BCUT2D eigenvalue weighted by atomic mass is 32.1. The Morgan fingerprint density at radius 3 is 2.78 bits per heavy atom. The molecular formula is C13H20N4S. The molecule has 1 N–H and O–H groups in total. The molecule has 0 saturated carbocycles. The molecule has 1 atom stereocenters. The molecule has 0 saturated heterocycles. The van der Waals surface area contributed by atoms with Gasteiger partial charge in [-0.1, -0.05) is 6.92 Å². The summed E-state index contributed by atoms with van der Waals surface area (Å²) in [6.07, 6.45) is 3.90. The van der Waals surface area contributed by atoms with Gasteiger partial charge >= 0.3 is 0 Å². The highest BCUT2D eigenvalue weighted by Crippen LogP contribution is 2.23. The fourth-order valence-electron chi connectivity index (χ4n) is 2.03. The summed E-state index contributed by atoms with van der Waals surface area (Å²) in [5, 5.41) is 8.97. The van der Waals surface area contributed by atoms with Gasteiger partial charge in [0.1, 0.15) is 0 Å². The molecule has 0 radical (unpaired) electrons. The number of aromatic nitrogens is 3. The number of rotatable bonds is 5. The predicted molar refractivity (Wildman–Crippen MR) is 74.9 cm³/mol. The minimum absolute atomic E-state index is 0.316. The van der Waals surface area contributed by atoms with Crippen LogP contribution in [0.25, 0.3) is 0 Å². The minimum atomic E-state index is 0.316. The highest BCUT2D eigenvalue weighted by molar-refractivity contribution is 7.11. The Balaban J connectivity index is 2.17. The third kappa shape index (κ3) is 2.79. The van der Waals surface area contributed by atoms with Crippen molar-refractivity contribution in [2.75, 3.05) is 7.05 Å². The van der Waals surface area contributed by atoms with E-state index in [1.807, 2.05) is 31.9 Å². The van der Waals surface area contributed by atoms with Crippen LogP contribution in [0.5, 0.6) is 0 Å². The highest BCUT2D eigenvalue weighted by Gasteiger charge is 2.15. The van der Waals surface area contributed by atoms with E-state index in [4.69, 9.17) is 0 Å². The van der Waals surface area contributed by atoms with Gasteiger partial charge in [0.15, 0.2) is 0 Å². The van der Waals surface area contributed by atoms with Gasteiger partial charge in [-0.3, -0.25) is 4.68 Å². The van der Waals surface area contributed by atoms with Crippen molar-refractivity contribution in [2.45, 2.75) is 32.7 Å². The molecule has 0 fully saturated rings. The van der Waals surface area contributed by atoms with E-state index >= 15 is 0 Å². The monoisotopic (exact) mass is 264 g/mol. The average molecular weight is 264 g/mol. The Morgan fingerprint density at radius 1 is 1.50 bits per heavy atom. The van der Waals surface area contributed by atoms with Crippen LogP contribution in [0.1, 0.15) is 34.2 Å². The maximum absolute atomic E-state index is 4.49. The second-order valence-electron chi connectivity index (χ2n) is 4.43. The summed E-state index contributed by atoms with van der Waals surface area (Å²) in [5.41, 5.74) is 2.42. The molecule has 5 heteroatoms. The molecule has 2 aromatic rings. The maximum atomic E-state index is 4.49. The first-order valence-electron chi connectivity index (χ1n) is 6.25. The number of thiazole rings is 1. The number of aryl methyl sites for hydroxylation is 3. The van der Waals surface area contributed by atoms with Crippen LogP contribution in [-0.4, -0.2) is 21.8 Å². The minimum Gasteiger partial charge on any atom is -0.312 e. The molecule has 0 spiro atoms. The van der Waals surface area contributed by atoms with E-state index in [-0.39, 0.29) is 0 Å². The predicted octanol–water partition coefficient (Wildman–Crippen LogP) is 2.25. The summed E-state index contributed by atoms with van der Waals surface area (Å²) < 4.78 is 1.98. The van der Waals surface area contributed by atoms with E-state index in [2.05, 4.69) is 28.4 Å². The third-order valence-corrected chi connectivity index (χ3v) is 4.16. The van der Waals surface area contributed by atoms with Crippen molar-refractivity contribution in [3.05, 3.63) is 33.5 Å². The molecule has 0 aromatic carbocycles. The van der Waals surface area contributed by atoms with Gasteiger partial charge in [-0.05, 0) is 26.5 Å². The molecule has 0 bridgehead atoms. The van der Waals surface area contributed by atoms with E-state index in [1.165, 1.54) is 10.6 Å². The number of nitrogens with zero attached hydrogens (tertiary/aromatic N) is 3. The van der Waals surface area contributed by atoms with Crippen LogP contribution in [0.2, 0.25) is 0 Å². The zero-order chi connectivity index (χ0) is 13.1. The van der Waals surface area contributed by atoms with Crippen molar-refractivity contribution in [2.24, 2.45) is 7.05 Å². The summed E-state index contributed by atoms with van der Waals surface area (Å²) in [7, 11) is 4.01. The Labute approximate surface area is 112 Å². The van der Waals surface area contributed by atoms with Crippen LogP contribution in [0.15, 0.2) is 12.3 Å². The van der Waals surface area contributed by atoms with Crippen molar-refractivity contribution in [3.8, 4) is 0 Å². The van der Waals surface area contributed by atoms with E-state index < -0.39 is 0 Å². The molecule has 0 amide bonds. The fraction of sp³-hybridized carbons (Fsp3) is 0.538. The lowest BCUT2D eigenvalue weighted by Crippen LogP contribution is -2.19. The zero-order valence-corrected chi connectivity index (χ0v) is 12.2. The Bertz CT molecular complexity index is 515. The molecule has 2 heterocycles. The van der Waals surface area contributed by atoms with E-state index in [1.54, 1.807) is 11.3 Å². The summed E-state index contributed by atoms with van der Waals surface area (Å²) in [4.78, 5) is 5.61. The standard InChI is InChI=1S/C13H20N4S/c1-5-10-6-11(17(4)16-10)7-12(14-3)13-8-15-9(2)18-13/h6,8,12,14H,5,7H2,1-4H3. The number of likely N-dealkylation sites (N-methyl/N-ethyl adjacent to an activating group) is 1. The molecule has 18 heavy (non-hydrogen) atoms. The van der Waals surface area contributed by atoms with Crippen molar-refractivity contribution >= 4 is 11.3 Å². The van der Waals surface area contributed by atoms with E-state index in [0.29, 0.717) is 6.04 Å². The molecular weight excluding hydrogens is 244 g/mol. The third-order valence-electron chi connectivity index (χ3n) is 3.13. The zero-order valence-electron chi connectivity index (χ0n) is 11.4. The van der Waals surface area contributed by atoms with E-state index in [0.717, 1.165) is 23.5 Å². The fourth-order valence-corrected chi connectivity index (χ4v) is 2.92. The summed E-state index contributed by atoms with van der Waals surface area (Å²) in [6.45, 7) is 4.17. The van der Waals surface area contributed by atoms with Crippen molar-refractivity contribution in [1.29, 1.82) is 0 Å². The van der Waals surface area contributed by atoms with Gasteiger partial charge in [-0.2, -0.15) is 5.10 Å². The summed E-state index contributed by atoms with van der Waals surface area (Å²) in [5.74, 6) is 0. The molecule has 98 valence electrons. The van der Waals surface area contributed by atoms with Crippen LogP contribution >= 0.6 is 11.3 Å². The quantitative estimate of drug-likeness (QED) is 0.900. The Kier molecular flexibility index (Phi) is 4.14. The molecule has 2 rings (SSSR count). The number of hydrogen-bond acceptors (Lipinski definition) is 4. The molecule has 4 nitrogen and oxygen atoms in total. The van der Waals surface area contributed by atoms with Gasteiger partial charge in [0.25, 0.3) is 0 Å². The van der Waals surface area contributed by atoms with Gasteiger partial charge in [-0.15, -0.1) is 11.3 Å². The first kappa shape index (κ1) is 13.2. The van der Waals surface area contributed by atoms with Gasteiger partial charge in [-0.25, -0.2) is 4.98 Å². The van der Waals surface area contributed by atoms with Crippen LogP contribution in [0.4, 0.5) is 0 Å². The summed E-state index contributed by atoms with van der Waals surface area (Å²) >= 11 is 1.75. The molecule has 0 aliphatic carbocycles. The largest absolute Gasteiger partial charge is 0.312 e. The second-order valence-corrected chi connectivity index (χ2v) is 5.70. The normalized spacial score (nSPS) is 12.9. The van der Waals surface area contributed by atoms with Crippen LogP contribution in [-0.2, 0) is 19.9 Å². The second kappa shape index (κ2) is 5.63. The van der Waals surface area contributed by atoms with Crippen LogP contribution in [0, 0.1) is 6.92 Å².